The summed E-state index contributed by atoms with van der Waals surface area (Å²) in [5.74, 6) is 1.89. The van der Waals surface area contributed by atoms with E-state index in [1.54, 1.807) is 7.11 Å². The Morgan fingerprint density at radius 2 is 2.06 bits per heavy atom. The summed E-state index contributed by atoms with van der Waals surface area (Å²) < 4.78 is 5.43. The number of nitrogens with one attached hydrogen (secondary N) is 1. The summed E-state index contributed by atoms with van der Waals surface area (Å²) in [5, 5.41) is 3.45. The predicted octanol–water partition coefficient (Wildman–Crippen LogP) is 3.16. The third-order valence-electron chi connectivity index (χ3n) is 4.39. The second-order valence-electron chi connectivity index (χ2n) is 5.52. The van der Waals surface area contributed by atoms with Gasteiger partial charge in [0.05, 0.1) is 7.11 Å². The van der Waals surface area contributed by atoms with E-state index in [1.807, 2.05) is 0 Å². The molecule has 0 aromatic heterocycles. The average molecular weight is 247 g/mol. The van der Waals surface area contributed by atoms with Crippen molar-refractivity contribution in [3.8, 4) is 5.75 Å². The van der Waals surface area contributed by atoms with Crippen molar-refractivity contribution in [2.75, 3.05) is 20.2 Å². The largest absolute Gasteiger partial charge is 0.496 e. The fourth-order valence-electron chi connectivity index (χ4n) is 3.00. The minimum absolute atomic E-state index is 0.867. The van der Waals surface area contributed by atoms with Crippen LogP contribution < -0.4 is 10.1 Å². The Labute approximate surface area is 111 Å². The lowest BCUT2D eigenvalue weighted by molar-refractivity contribution is 0.410. The molecule has 1 aromatic carbocycles. The predicted molar refractivity (Wildman–Crippen MR) is 76.5 cm³/mol. The van der Waals surface area contributed by atoms with E-state index in [0.717, 1.165) is 11.7 Å². The zero-order chi connectivity index (χ0) is 13.1. The third-order valence-corrected chi connectivity index (χ3v) is 4.39. The van der Waals surface area contributed by atoms with E-state index in [0.29, 0.717) is 0 Å². The minimum atomic E-state index is 0.867. The van der Waals surface area contributed by atoms with Crippen LogP contribution in [0.5, 0.6) is 5.75 Å². The summed E-state index contributed by atoms with van der Waals surface area (Å²) in [5.41, 5.74) is 5.61. The summed E-state index contributed by atoms with van der Waals surface area (Å²) in [6.45, 7) is 9.00. The lowest BCUT2D eigenvalue weighted by Gasteiger charge is -2.17. The Balaban J connectivity index is 2.14. The maximum absolute atomic E-state index is 5.43. The van der Waals surface area contributed by atoms with E-state index >= 15 is 0 Å². The second kappa shape index (κ2) is 5.75. The van der Waals surface area contributed by atoms with Crippen molar-refractivity contribution in [1.29, 1.82) is 0 Å². The molecular formula is C16H25NO. The zero-order valence-electron chi connectivity index (χ0n) is 12.1. The van der Waals surface area contributed by atoms with Crippen LogP contribution in [0.15, 0.2) is 6.07 Å². The average Bonchev–Trinajstić information content (AvgIpc) is 2.86. The molecule has 1 unspecified atom stereocenters. The Hall–Kier alpha value is -1.02. The van der Waals surface area contributed by atoms with Gasteiger partial charge in [0.25, 0.3) is 0 Å². The van der Waals surface area contributed by atoms with Crippen molar-refractivity contribution in [3.63, 3.8) is 0 Å². The van der Waals surface area contributed by atoms with Gasteiger partial charge in [0, 0.05) is 0 Å². The summed E-state index contributed by atoms with van der Waals surface area (Å²) in [6, 6.07) is 2.19. The lowest BCUT2D eigenvalue weighted by Crippen LogP contribution is -2.10. The van der Waals surface area contributed by atoms with Crippen LogP contribution in [-0.4, -0.2) is 20.2 Å². The fourth-order valence-corrected chi connectivity index (χ4v) is 3.00. The highest BCUT2D eigenvalue weighted by molar-refractivity contribution is 5.48. The molecule has 1 heterocycles. The van der Waals surface area contributed by atoms with Crippen LogP contribution in [0.4, 0.5) is 0 Å². The number of rotatable bonds is 4. The Morgan fingerprint density at radius 3 is 2.67 bits per heavy atom. The number of hydrogen-bond donors (Lipinski definition) is 1. The van der Waals surface area contributed by atoms with E-state index in [1.165, 1.54) is 54.6 Å². The molecule has 2 rings (SSSR count). The molecule has 0 bridgehead atoms. The molecule has 0 radical (unpaired) electrons. The molecule has 1 saturated heterocycles. The molecule has 100 valence electrons. The van der Waals surface area contributed by atoms with Gasteiger partial charge in [0.1, 0.15) is 5.75 Å². The molecular weight excluding hydrogens is 222 g/mol. The highest BCUT2D eigenvalue weighted by atomic mass is 16.5. The molecule has 1 aromatic rings. The molecule has 0 aliphatic carbocycles. The second-order valence-corrected chi connectivity index (χ2v) is 5.52. The van der Waals surface area contributed by atoms with Gasteiger partial charge in [-0.15, -0.1) is 0 Å². The van der Waals surface area contributed by atoms with Crippen LogP contribution in [-0.2, 0) is 6.42 Å². The Kier molecular flexibility index (Phi) is 4.28. The summed E-state index contributed by atoms with van der Waals surface area (Å²) in [7, 11) is 1.76. The van der Waals surface area contributed by atoms with Crippen molar-refractivity contribution < 1.29 is 4.74 Å². The molecule has 0 spiro atoms. The first-order valence-electron chi connectivity index (χ1n) is 6.98. The normalized spacial score (nSPS) is 19.2. The molecule has 1 aliphatic heterocycles. The van der Waals surface area contributed by atoms with Crippen molar-refractivity contribution in [2.45, 2.75) is 40.0 Å². The van der Waals surface area contributed by atoms with Gasteiger partial charge < -0.3 is 10.1 Å². The van der Waals surface area contributed by atoms with E-state index in [4.69, 9.17) is 4.74 Å². The van der Waals surface area contributed by atoms with Crippen LogP contribution >= 0.6 is 0 Å². The van der Waals surface area contributed by atoms with Gasteiger partial charge in [-0.2, -0.15) is 0 Å². The van der Waals surface area contributed by atoms with Gasteiger partial charge in [-0.3, -0.25) is 0 Å². The van der Waals surface area contributed by atoms with Crippen molar-refractivity contribution in [3.05, 3.63) is 28.3 Å². The van der Waals surface area contributed by atoms with E-state index < -0.39 is 0 Å². The standard InChI is InChI=1S/C16H25NO/c1-11-9-16(18-4)13(3)12(2)15(11)6-5-14-7-8-17-10-14/h9,14,17H,5-8,10H2,1-4H3. The molecule has 1 atom stereocenters. The number of aryl methyl sites for hydroxylation is 1. The van der Waals surface area contributed by atoms with E-state index in [2.05, 4.69) is 32.2 Å². The Morgan fingerprint density at radius 1 is 1.28 bits per heavy atom. The SMILES string of the molecule is COc1cc(C)c(CCC2CCNC2)c(C)c1C. The molecule has 1 N–H and O–H groups in total. The van der Waals surface area contributed by atoms with Crippen LogP contribution in [0.1, 0.15) is 35.1 Å². The van der Waals surface area contributed by atoms with Gasteiger partial charge in [-0.25, -0.2) is 0 Å². The fraction of sp³-hybridized carbons (Fsp3) is 0.625. The number of ether oxygens (including phenoxy) is 1. The molecule has 1 aliphatic rings. The number of hydrogen-bond acceptors (Lipinski definition) is 2. The minimum Gasteiger partial charge on any atom is -0.496 e. The first-order chi connectivity index (χ1) is 8.63. The van der Waals surface area contributed by atoms with Gasteiger partial charge in [0.2, 0.25) is 0 Å². The number of benzene rings is 1. The summed E-state index contributed by atoms with van der Waals surface area (Å²) in [6.07, 6.45) is 3.85. The van der Waals surface area contributed by atoms with E-state index in [9.17, 15) is 0 Å². The Bertz CT molecular complexity index is 420. The van der Waals surface area contributed by atoms with Crippen molar-refractivity contribution in [1.82, 2.24) is 5.32 Å². The topological polar surface area (TPSA) is 21.3 Å². The molecule has 0 amide bonds. The molecule has 0 saturated carbocycles. The van der Waals surface area contributed by atoms with Gasteiger partial charge in [-0.1, -0.05) is 0 Å². The third kappa shape index (κ3) is 2.69. The number of methoxy groups -OCH3 is 1. The van der Waals surface area contributed by atoms with Crippen LogP contribution in [0.2, 0.25) is 0 Å². The first kappa shape index (κ1) is 13.4. The van der Waals surface area contributed by atoms with Crippen LogP contribution in [0.25, 0.3) is 0 Å². The monoisotopic (exact) mass is 247 g/mol. The first-order valence-corrected chi connectivity index (χ1v) is 6.98. The zero-order valence-corrected chi connectivity index (χ0v) is 12.1. The van der Waals surface area contributed by atoms with E-state index in [-0.39, 0.29) is 0 Å². The molecule has 18 heavy (non-hydrogen) atoms. The quantitative estimate of drug-likeness (QED) is 0.882. The van der Waals surface area contributed by atoms with Gasteiger partial charge >= 0.3 is 0 Å². The van der Waals surface area contributed by atoms with Crippen LogP contribution in [0, 0.1) is 26.7 Å². The lowest BCUT2D eigenvalue weighted by atomic mass is 9.91. The van der Waals surface area contributed by atoms with Crippen molar-refractivity contribution >= 4 is 0 Å². The van der Waals surface area contributed by atoms with Gasteiger partial charge in [-0.05, 0) is 87.4 Å². The summed E-state index contributed by atoms with van der Waals surface area (Å²) in [4.78, 5) is 0. The highest BCUT2D eigenvalue weighted by Crippen LogP contribution is 2.29. The van der Waals surface area contributed by atoms with Crippen LogP contribution in [0.3, 0.4) is 0 Å². The smallest absolute Gasteiger partial charge is 0.122 e. The summed E-state index contributed by atoms with van der Waals surface area (Å²) >= 11 is 0. The molecule has 2 nitrogen and oxygen atoms in total. The van der Waals surface area contributed by atoms with Gasteiger partial charge in [0.15, 0.2) is 0 Å². The maximum Gasteiger partial charge on any atom is 0.122 e. The molecule has 2 heteroatoms. The van der Waals surface area contributed by atoms with Crippen molar-refractivity contribution in [2.24, 2.45) is 5.92 Å². The molecule has 1 fully saturated rings. The maximum atomic E-state index is 5.43. The highest BCUT2D eigenvalue weighted by Gasteiger charge is 2.16.